The van der Waals surface area contributed by atoms with Gasteiger partial charge in [0.25, 0.3) is 0 Å². The summed E-state index contributed by atoms with van der Waals surface area (Å²) >= 11 is 0. The van der Waals surface area contributed by atoms with Crippen LogP contribution in [0.4, 0.5) is 38.0 Å². The van der Waals surface area contributed by atoms with Crippen molar-refractivity contribution in [2.45, 2.75) is 31.2 Å². The van der Waals surface area contributed by atoms with Gasteiger partial charge in [-0.25, -0.2) is 9.97 Å². The molecular formula is C10H10F6N4. The molecule has 10 heteroatoms. The molecule has 0 bridgehead atoms. The largest absolute Gasteiger partial charge is 0.451 e. The molecule has 1 aliphatic rings. The van der Waals surface area contributed by atoms with Crippen LogP contribution in [0.2, 0.25) is 0 Å². The zero-order chi connectivity index (χ0) is 15.1. The SMILES string of the molecule is Nc1cc(N(CC(F)(F)F)C2CC2)nc(C(F)(F)F)n1. The third kappa shape index (κ3) is 3.64. The second kappa shape index (κ2) is 4.67. The molecule has 0 saturated heterocycles. The molecule has 0 unspecified atom stereocenters. The van der Waals surface area contributed by atoms with E-state index >= 15 is 0 Å². The molecule has 1 aromatic heterocycles. The van der Waals surface area contributed by atoms with Crippen molar-refractivity contribution in [2.75, 3.05) is 17.2 Å². The van der Waals surface area contributed by atoms with Crippen LogP contribution in [0.25, 0.3) is 0 Å². The number of alkyl halides is 6. The van der Waals surface area contributed by atoms with Gasteiger partial charge in [0.05, 0.1) is 0 Å². The normalized spacial score (nSPS) is 16.3. The van der Waals surface area contributed by atoms with E-state index in [9.17, 15) is 26.3 Å². The summed E-state index contributed by atoms with van der Waals surface area (Å²) in [7, 11) is 0. The Hall–Kier alpha value is -1.74. The number of nitrogens with two attached hydrogens (primary N) is 1. The number of hydrogen-bond acceptors (Lipinski definition) is 4. The van der Waals surface area contributed by atoms with Crippen molar-refractivity contribution >= 4 is 11.6 Å². The average Bonchev–Trinajstić information content (AvgIpc) is 3.06. The van der Waals surface area contributed by atoms with Gasteiger partial charge in [-0.3, -0.25) is 0 Å². The van der Waals surface area contributed by atoms with Crippen LogP contribution in [0, 0.1) is 0 Å². The molecule has 0 aromatic carbocycles. The van der Waals surface area contributed by atoms with E-state index in [0.717, 1.165) is 11.0 Å². The highest BCUT2D eigenvalue weighted by molar-refractivity contribution is 5.49. The summed E-state index contributed by atoms with van der Waals surface area (Å²) in [6.07, 6.45) is -8.46. The quantitative estimate of drug-likeness (QED) is 0.872. The lowest BCUT2D eigenvalue weighted by atomic mass is 10.4. The Morgan fingerprint density at radius 1 is 1.15 bits per heavy atom. The second-order valence-corrected chi connectivity index (χ2v) is 4.45. The fourth-order valence-electron chi connectivity index (χ4n) is 1.70. The molecule has 1 heterocycles. The summed E-state index contributed by atoms with van der Waals surface area (Å²) in [4.78, 5) is 6.94. The first-order valence-electron chi connectivity index (χ1n) is 5.61. The van der Waals surface area contributed by atoms with Crippen LogP contribution in [0.15, 0.2) is 6.07 Å². The predicted octanol–water partition coefficient (Wildman–Crippen LogP) is 2.61. The molecule has 1 aromatic rings. The van der Waals surface area contributed by atoms with Crippen molar-refractivity contribution < 1.29 is 26.3 Å². The fraction of sp³-hybridized carbons (Fsp3) is 0.600. The topological polar surface area (TPSA) is 55.0 Å². The van der Waals surface area contributed by atoms with Crippen LogP contribution >= 0.6 is 0 Å². The summed E-state index contributed by atoms with van der Waals surface area (Å²) in [6, 6.07) is 0.450. The van der Waals surface area contributed by atoms with Crippen molar-refractivity contribution in [1.82, 2.24) is 9.97 Å². The number of hydrogen-bond donors (Lipinski definition) is 1. The highest BCUT2D eigenvalue weighted by atomic mass is 19.4. The van der Waals surface area contributed by atoms with Crippen molar-refractivity contribution in [3.8, 4) is 0 Å². The van der Waals surface area contributed by atoms with Crippen LogP contribution in [0.1, 0.15) is 18.7 Å². The Kier molecular flexibility index (Phi) is 3.42. The maximum Gasteiger partial charge on any atom is 0.451 e. The molecule has 0 aliphatic heterocycles. The Labute approximate surface area is 109 Å². The average molecular weight is 300 g/mol. The Morgan fingerprint density at radius 2 is 1.75 bits per heavy atom. The van der Waals surface area contributed by atoms with E-state index in [1.807, 2.05) is 0 Å². The number of halogens is 6. The Bertz CT molecular complexity index is 494. The number of aromatic nitrogens is 2. The summed E-state index contributed by atoms with van der Waals surface area (Å²) in [5.41, 5.74) is 5.22. The smallest absolute Gasteiger partial charge is 0.384 e. The monoisotopic (exact) mass is 300 g/mol. The third-order valence-electron chi connectivity index (χ3n) is 2.62. The lowest BCUT2D eigenvalue weighted by molar-refractivity contribution is -0.144. The van der Waals surface area contributed by atoms with Crippen LogP contribution in [-0.4, -0.2) is 28.7 Å². The van der Waals surface area contributed by atoms with Gasteiger partial charge in [0.15, 0.2) is 0 Å². The minimum Gasteiger partial charge on any atom is -0.384 e. The summed E-state index contributed by atoms with van der Waals surface area (Å²) in [5.74, 6) is -2.51. The predicted molar refractivity (Wildman–Crippen MR) is 57.9 cm³/mol. The molecule has 1 saturated carbocycles. The maximum absolute atomic E-state index is 12.5. The standard InChI is InChI=1S/C10H10F6N4/c11-9(12,13)4-20(5-1-2-5)7-3-6(17)18-8(19-7)10(14,15)16/h3,5H,1-2,4H2,(H2,17,18,19). The van der Waals surface area contributed by atoms with Crippen molar-refractivity contribution in [3.63, 3.8) is 0 Å². The Balaban J connectivity index is 2.36. The van der Waals surface area contributed by atoms with Gasteiger partial charge in [0, 0.05) is 12.1 Å². The molecule has 2 N–H and O–H groups in total. The number of rotatable bonds is 3. The fourth-order valence-corrected chi connectivity index (χ4v) is 1.70. The highest BCUT2D eigenvalue weighted by Crippen LogP contribution is 2.35. The summed E-state index contributed by atoms with van der Waals surface area (Å²) in [5, 5.41) is 0. The first-order valence-corrected chi connectivity index (χ1v) is 5.61. The van der Waals surface area contributed by atoms with E-state index in [1.54, 1.807) is 0 Å². The molecule has 0 atom stereocenters. The van der Waals surface area contributed by atoms with Crippen LogP contribution < -0.4 is 10.6 Å². The van der Waals surface area contributed by atoms with E-state index in [2.05, 4.69) is 9.97 Å². The van der Waals surface area contributed by atoms with E-state index in [4.69, 9.17) is 5.73 Å². The molecule has 20 heavy (non-hydrogen) atoms. The maximum atomic E-state index is 12.5. The second-order valence-electron chi connectivity index (χ2n) is 4.45. The van der Waals surface area contributed by atoms with Gasteiger partial charge in [-0.05, 0) is 12.8 Å². The van der Waals surface area contributed by atoms with Crippen LogP contribution in [-0.2, 0) is 6.18 Å². The molecule has 1 fully saturated rings. The van der Waals surface area contributed by atoms with Crippen molar-refractivity contribution in [1.29, 1.82) is 0 Å². The van der Waals surface area contributed by atoms with Gasteiger partial charge in [0.2, 0.25) is 5.82 Å². The third-order valence-corrected chi connectivity index (χ3v) is 2.62. The zero-order valence-electron chi connectivity index (χ0n) is 9.96. The van der Waals surface area contributed by atoms with Crippen LogP contribution in [0.5, 0.6) is 0 Å². The van der Waals surface area contributed by atoms with E-state index < -0.39 is 42.4 Å². The minimum absolute atomic E-state index is 0.454. The van der Waals surface area contributed by atoms with Gasteiger partial charge in [0.1, 0.15) is 18.2 Å². The van der Waals surface area contributed by atoms with Gasteiger partial charge >= 0.3 is 12.4 Å². The minimum atomic E-state index is -4.86. The molecule has 0 radical (unpaired) electrons. The van der Waals surface area contributed by atoms with Crippen molar-refractivity contribution in [2.24, 2.45) is 0 Å². The van der Waals surface area contributed by atoms with Crippen molar-refractivity contribution in [3.05, 3.63) is 11.9 Å². The molecule has 2 rings (SSSR count). The number of nitrogen functional groups attached to an aromatic ring is 1. The first-order chi connectivity index (χ1) is 9.06. The molecular weight excluding hydrogens is 290 g/mol. The van der Waals surface area contributed by atoms with Crippen LogP contribution in [0.3, 0.4) is 0 Å². The van der Waals surface area contributed by atoms with Gasteiger partial charge in [-0.1, -0.05) is 0 Å². The molecule has 4 nitrogen and oxygen atoms in total. The number of nitrogens with zero attached hydrogens (tertiary/aromatic N) is 3. The molecule has 112 valence electrons. The van der Waals surface area contributed by atoms with E-state index in [-0.39, 0.29) is 0 Å². The lowest BCUT2D eigenvalue weighted by Gasteiger charge is -2.25. The van der Waals surface area contributed by atoms with E-state index in [0.29, 0.717) is 12.8 Å². The molecule has 1 aliphatic carbocycles. The molecule has 0 amide bonds. The van der Waals surface area contributed by atoms with Gasteiger partial charge in [-0.15, -0.1) is 0 Å². The zero-order valence-corrected chi connectivity index (χ0v) is 9.96. The summed E-state index contributed by atoms with van der Waals surface area (Å²) in [6.45, 7) is -1.37. The first kappa shape index (κ1) is 14.7. The highest BCUT2D eigenvalue weighted by Gasteiger charge is 2.41. The Morgan fingerprint density at radius 3 is 2.20 bits per heavy atom. The van der Waals surface area contributed by atoms with Gasteiger partial charge in [-0.2, -0.15) is 26.3 Å². The molecule has 0 spiro atoms. The lowest BCUT2D eigenvalue weighted by Crippen LogP contribution is -2.37. The van der Waals surface area contributed by atoms with Gasteiger partial charge < -0.3 is 10.6 Å². The van der Waals surface area contributed by atoms with E-state index in [1.165, 1.54) is 0 Å². The summed E-state index contributed by atoms with van der Waals surface area (Å²) < 4.78 is 75.1. The number of anilines is 2.